The summed E-state index contributed by atoms with van der Waals surface area (Å²) in [5.74, 6) is -2.17. The van der Waals surface area contributed by atoms with E-state index >= 15 is 0 Å². The van der Waals surface area contributed by atoms with E-state index in [4.69, 9.17) is 9.84 Å². The normalized spacial score (nSPS) is 13.6. The molecular weight excluding hydrogens is 274 g/mol. The average Bonchev–Trinajstić information content (AvgIpc) is 2.26. The summed E-state index contributed by atoms with van der Waals surface area (Å²) in [4.78, 5) is 22.2. The molecule has 1 N–H and O–H groups in total. The van der Waals surface area contributed by atoms with Crippen molar-refractivity contribution in [2.24, 2.45) is 5.92 Å². The summed E-state index contributed by atoms with van der Waals surface area (Å²) < 4.78 is 29.7. The molecule has 1 unspecified atom stereocenters. The number of esters is 1. The Morgan fingerprint density at radius 3 is 2.16 bits per heavy atom. The summed E-state index contributed by atoms with van der Waals surface area (Å²) in [6.45, 7) is 5.99. The second-order valence-corrected chi connectivity index (χ2v) is 6.77. The molecule has 0 aromatic heterocycles. The van der Waals surface area contributed by atoms with Gasteiger partial charge in [0.15, 0.2) is 5.25 Å². The summed E-state index contributed by atoms with van der Waals surface area (Å²) in [5, 5.41) is 7.22. The SMILES string of the molecule is CCOC(=O)CN(CC(C)C)S(=O)(=O)C(C)C(=O)O. The minimum atomic E-state index is -4.08. The van der Waals surface area contributed by atoms with Gasteiger partial charge in [-0.2, -0.15) is 4.31 Å². The lowest BCUT2D eigenvalue weighted by Crippen LogP contribution is -2.45. The van der Waals surface area contributed by atoms with Crippen LogP contribution in [-0.2, 0) is 24.3 Å². The van der Waals surface area contributed by atoms with Gasteiger partial charge in [-0.25, -0.2) is 8.42 Å². The van der Waals surface area contributed by atoms with Crippen LogP contribution in [0.2, 0.25) is 0 Å². The molecule has 0 aromatic carbocycles. The number of carboxylic acids is 1. The average molecular weight is 295 g/mol. The van der Waals surface area contributed by atoms with Gasteiger partial charge in [0, 0.05) is 6.54 Å². The molecule has 0 spiro atoms. The largest absolute Gasteiger partial charge is 0.480 e. The Labute approximate surface area is 113 Å². The molecule has 0 aliphatic rings. The van der Waals surface area contributed by atoms with Gasteiger partial charge in [0.1, 0.15) is 6.54 Å². The lowest BCUT2D eigenvalue weighted by molar-refractivity contribution is -0.143. The van der Waals surface area contributed by atoms with Crippen molar-refractivity contribution in [3.05, 3.63) is 0 Å². The molecule has 0 saturated carbocycles. The maximum atomic E-state index is 12.1. The summed E-state index contributed by atoms with van der Waals surface area (Å²) in [6.07, 6.45) is 0. The first-order valence-electron chi connectivity index (χ1n) is 6.00. The molecule has 112 valence electrons. The van der Waals surface area contributed by atoms with E-state index in [0.29, 0.717) is 0 Å². The number of carbonyl (C=O) groups is 2. The van der Waals surface area contributed by atoms with Crippen LogP contribution in [0.4, 0.5) is 0 Å². The van der Waals surface area contributed by atoms with Gasteiger partial charge in [-0.05, 0) is 19.8 Å². The third kappa shape index (κ3) is 5.56. The molecule has 0 saturated heterocycles. The Hall–Kier alpha value is -1.15. The molecule has 0 heterocycles. The fraction of sp³-hybridized carbons (Fsp3) is 0.818. The second-order valence-electron chi connectivity index (χ2n) is 4.52. The predicted octanol–water partition coefficient (Wildman–Crippen LogP) is 0.310. The number of carboxylic acid groups (broad SMARTS) is 1. The molecule has 19 heavy (non-hydrogen) atoms. The van der Waals surface area contributed by atoms with Gasteiger partial charge in [-0.3, -0.25) is 9.59 Å². The van der Waals surface area contributed by atoms with Gasteiger partial charge < -0.3 is 9.84 Å². The highest BCUT2D eigenvalue weighted by Gasteiger charge is 2.35. The van der Waals surface area contributed by atoms with Gasteiger partial charge in [-0.15, -0.1) is 0 Å². The first-order chi connectivity index (χ1) is 8.62. The summed E-state index contributed by atoms with van der Waals surface area (Å²) >= 11 is 0. The molecule has 0 aliphatic carbocycles. The van der Waals surface area contributed by atoms with E-state index in [1.807, 2.05) is 0 Å². The lowest BCUT2D eigenvalue weighted by atomic mass is 10.2. The molecule has 1 atom stereocenters. The van der Waals surface area contributed by atoms with Crippen LogP contribution < -0.4 is 0 Å². The first kappa shape index (κ1) is 17.8. The number of hydrogen-bond donors (Lipinski definition) is 1. The van der Waals surface area contributed by atoms with Crippen LogP contribution in [0.5, 0.6) is 0 Å². The highest BCUT2D eigenvalue weighted by Crippen LogP contribution is 2.12. The van der Waals surface area contributed by atoms with E-state index in [-0.39, 0.29) is 19.1 Å². The molecule has 8 heteroatoms. The van der Waals surface area contributed by atoms with E-state index in [2.05, 4.69) is 0 Å². The number of hydrogen-bond acceptors (Lipinski definition) is 5. The number of aliphatic carboxylic acids is 1. The monoisotopic (exact) mass is 295 g/mol. The van der Waals surface area contributed by atoms with Gasteiger partial charge in [0.25, 0.3) is 0 Å². The van der Waals surface area contributed by atoms with Gasteiger partial charge in [-0.1, -0.05) is 13.8 Å². The van der Waals surface area contributed by atoms with Crippen LogP contribution in [-0.4, -0.2) is 54.7 Å². The van der Waals surface area contributed by atoms with Crippen molar-refractivity contribution in [2.75, 3.05) is 19.7 Å². The maximum absolute atomic E-state index is 12.1. The van der Waals surface area contributed by atoms with Crippen LogP contribution >= 0.6 is 0 Å². The zero-order valence-corrected chi connectivity index (χ0v) is 12.4. The Morgan fingerprint density at radius 2 is 1.79 bits per heavy atom. The van der Waals surface area contributed by atoms with Crippen molar-refractivity contribution in [1.82, 2.24) is 4.31 Å². The molecule has 0 bridgehead atoms. The molecule has 7 nitrogen and oxygen atoms in total. The molecule has 0 amide bonds. The highest BCUT2D eigenvalue weighted by molar-refractivity contribution is 7.90. The summed E-state index contributed by atoms with van der Waals surface area (Å²) in [5.41, 5.74) is 0. The zero-order chi connectivity index (χ0) is 15.2. The molecule has 0 rings (SSSR count). The van der Waals surface area contributed by atoms with Gasteiger partial charge in [0.2, 0.25) is 10.0 Å². The number of nitrogens with zero attached hydrogens (tertiary/aromatic N) is 1. The van der Waals surface area contributed by atoms with E-state index in [0.717, 1.165) is 11.2 Å². The smallest absolute Gasteiger partial charge is 0.323 e. The van der Waals surface area contributed by atoms with Gasteiger partial charge >= 0.3 is 11.9 Å². The minimum absolute atomic E-state index is 0.0369. The lowest BCUT2D eigenvalue weighted by Gasteiger charge is -2.24. The topological polar surface area (TPSA) is 101 Å². The van der Waals surface area contributed by atoms with Crippen molar-refractivity contribution in [3.63, 3.8) is 0 Å². The Bertz CT molecular complexity index is 417. The highest BCUT2D eigenvalue weighted by atomic mass is 32.2. The molecule has 0 radical (unpaired) electrons. The molecular formula is C11H21NO6S. The molecule has 0 fully saturated rings. The van der Waals surface area contributed by atoms with Crippen LogP contribution in [0.1, 0.15) is 27.7 Å². The molecule has 0 aliphatic heterocycles. The third-order valence-electron chi connectivity index (χ3n) is 2.33. The van der Waals surface area contributed by atoms with Crippen molar-refractivity contribution in [2.45, 2.75) is 32.9 Å². The Morgan fingerprint density at radius 1 is 1.26 bits per heavy atom. The third-order valence-corrected chi connectivity index (χ3v) is 4.43. The van der Waals surface area contributed by atoms with Crippen LogP contribution in [0.25, 0.3) is 0 Å². The van der Waals surface area contributed by atoms with Gasteiger partial charge in [0.05, 0.1) is 6.61 Å². The predicted molar refractivity (Wildman–Crippen MR) is 69.1 cm³/mol. The maximum Gasteiger partial charge on any atom is 0.323 e. The number of ether oxygens (including phenoxy) is 1. The number of sulfonamides is 1. The Kier molecular flexibility index (Phi) is 6.99. The van der Waals surface area contributed by atoms with Crippen molar-refractivity contribution in [3.8, 4) is 0 Å². The van der Waals surface area contributed by atoms with Crippen molar-refractivity contribution in [1.29, 1.82) is 0 Å². The summed E-state index contributed by atoms with van der Waals surface area (Å²) in [6, 6.07) is 0. The first-order valence-corrected chi connectivity index (χ1v) is 7.50. The van der Waals surface area contributed by atoms with Crippen molar-refractivity contribution < 1.29 is 27.9 Å². The summed E-state index contributed by atoms with van der Waals surface area (Å²) in [7, 11) is -4.08. The van der Waals surface area contributed by atoms with E-state index in [1.54, 1.807) is 20.8 Å². The van der Waals surface area contributed by atoms with E-state index < -0.39 is 33.8 Å². The fourth-order valence-electron chi connectivity index (χ4n) is 1.37. The van der Waals surface area contributed by atoms with Crippen molar-refractivity contribution >= 4 is 22.0 Å². The van der Waals surface area contributed by atoms with Crippen LogP contribution in [0.15, 0.2) is 0 Å². The van der Waals surface area contributed by atoms with Crippen LogP contribution in [0.3, 0.4) is 0 Å². The zero-order valence-electron chi connectivity index (χ0n) is 11.6. The Balaban J connectivity index is 5.13. The van der Waals surface area contributed by atoms with E-state index in [1.165, 1.54) is 0 Å². The van der Waals surface area contributed by atoms with E-state index in [9.17, 15) is 18.0 Å². The standard InChI is InChI=1S/C11H21NO6S/c1-5-18-10(13)7-12(6-8(2)3)19(16,17)9(4)11(14)15/h8-9H,5-7H2,1-4H3,(H,14,15). The number of carbonyl (C=O) groups excluding carboxylic acids is 1. The quantitative estimate of drug-likeness (QED) is 0.647. The minimum Gasteiger partial charge on any atom is -0.480 e. The fourth-order valence-corrected chi connectivity index (χ4v) is 2.86. The number of rotatable bonds is 8. The van der Waals surface area contributed by atoms with Crippen LogP contribution in [0, 0.1) is 5.92 Å². The second kappa shape index (κ2) is 7.44. The molecule has 0 aromatic rings.